The minimum atomic E-state index is -0.778. The van der Waals surface area contributed by atoms with Gasteiger partial charge in [0, 0.05) is 19.0 Å². The average Bonchev–Trinajstić information content (AvgIpc) is 2.79. The molecule has 1 unspecified atom stereocenters. The Hall–Kier alpha value is -1.85. The van der Waals surface area contributed by atoms with Crippen molar-refractivity contribution in [3.63, 3.8) is 0 Å². The molecule has 19 heavy (non-hydrogen) atoms. The quantitative estimate of drug-likeness (QED) is 0.752. The topological polar surface area (TPSA) is 92.4 Å². The van der Waals surface area contributed by atoms with Crippen LogP contribution in [0.15, 0.2) is 10.6 Å². The molecule has 1 rings (SSSR count). The number of nitrogens with one attached hydrogen (secondary N) is 1. The minimum Gasteiger partial charge on any atom is -0.481 e. The number of aryl methyl sites for hydroxylation is 1. The second kappa shape index (κ2) is 7.56. The molecule has 0 fully saturated rings. The number of aliphatic carboxylic acids is 1. The molecule has 0 aliphatic carbocycles. The van der Waals surface area contributed by atoms with Crippen LogP contribution in [0.1, 0.15) is 48.9 Å². The second-order valence-electron chi connectivity index (χ2n) is 4.58. The van der Waals surface area contributed by atoms with Gasteiger partial charge in [0.25, 0.3) is 5.91 Å². The molecule has 1 atom stereocenters. The summed E-state index contributed by atoms with van der Waals surface area (Å²) in [6.07, 6.45) is 2.49. The van der Waals surface area contributed by atoms with Gasteiger partial charge in [0.15, 0.2) is 0 Å². The van der Waals surface area contributed by atoms with E-state index in [1.807, 2.05) is 6.92 Å². The first-order valence-electron chi connectivity index (χ1n) is 6.46. The van der Waals surface area contributed by atoms with Crippen molar-refractivity contribution < 1.29 is 19.2 Å². The number of carboxylic acid groups (broad SMARTS) is 1. The van der Waals surface area contributed by atoms with Crippen molar-refractivity contribution in [1.29, 1.82) is 0 Å². The summed E-state index contributed by atoms with van der Waals surface area (Å²) in [4.78, 5) is 22.2. The first kappa shape index (κ1) is 15.2. The first-order chi connectivity index (χ1) is 9.02. The Morgan fingerprint density at radius 2 is 2.21 bits per heavy atom. The third-order valence-electron chi connectivity index (χ3n) is 3.03. The van der Waals surface area contributed by atoms with E-state index >= 15 is 0 Å². The smallest absolute Gasteiger partial charge is 0.303 e. The fraction of sp³-hybridized carbons (Fsp3) is 0.615. The Morgan fingerprint density at radius 1 is 1.47 bits per heavy atom. The normalized spacial score (nSPS) is 12.1. The lowest BCUT2D eigenvalue weighted by Gasteiger charge is -2.13. The van der Waals surface area contributed by atoms with Crippen LogP contribution < -0.4 is 5.32 Å². The summed E-state index contributed by atoms with van der Waals surface area (Å²) < 4.78 is 4.85. The van der Waals surface area contributed by atoms with Gasteiger partial charge < -0.3 is 14.9 Å². The fourth-order valence-corrected chi connectivity index (χ4v) is 1.83. The number of hydrogen-bond donors (Lipinski definition) is 2. The number of aromatic nitrogens is 1. The Balaban J connectivity index is 2.28. The maximum atomic E-state index is 11.7. The third kappa shape index (κ3) is 5.54. The highest BCUT2D eigenvalue weighted by Crippen LogP contribution is 2.14. The van der Waals surface area contributed by atoms with E-state index in [1.54, 1.807) is 13.0 Å². The van der Waals surface area contributed by atoms with E-state index in [0.29, 0.717) is 24.6 Å². The van der Waals surface area contributed by atoms with Crippen LogP contribution in [-0.2, 0) is 4.79 Å². The van der Waals surface area contributed by atoms with Crippen LogP contribution in [0.5, 0.6) is 0 Å². The van der Waals surface area contributed by atoms with Gasteiger partial charge in [-0.1, -0.05) is 18.5 Å². The number of hydrogen-bond acceptors (Lipinski definition) is 4. The van der Waals surface area contributed by atoms with Crippen LogP contribution in [0.25, 0.3) is 0 Å². The Kier molecular flexibility index (Phi) is 6.05. The van der Waals surface area contributed by atoms with Crippen LogP contribution in [-0.4, -0.2) is 28.7 Å². The highest BCUT2D eigenvalue weighted by Gasteiger charge is 2.13. The zero-order valence-electron chi connectivity index (χ0n) is 11.3. The number of carboxylic acids is 1. The second-order valence-corrected chi connectivity index (χ2v) is 4.58. The molecule has 0 aliphatic heterocycles. The van der Waals surface area contributed by atoms with E-state index in [9.17, 15) is 9.59 Å². The highest BCUT2D eigenvalue weighted by atomic mass is 16.5. The number of amides is 1. The molecule has 0 bridgehead atoms. The van der Waals surface area contributed by atoms with Crippen molar-refractivity contribution in [2.45, 2.75) is 39.5 Å². The van der Waals surface area contributed by atoms with E-state index in [1.165, 1.54) is 0 Å². The number of rotatable bonds is 8. The van der Waals surface area contributed by atoms with E-state index in [2.05, 4.69) is 10.5 Å². The van der Waals surface area contributed by atoms with Crippen LogP contribution >= 0.6 is 0 Å². The number of nitrogens with zero attached hydrogens (tertiary/aromatic N) is 1. The molecule has 1 amide bonds. The molecule has 1 aromatic heterocycles. The molecule has 0 spiro atoms. The van der Waals surface area contributed by atoms with Crippen molar-refractivity contribution in [3.05, 3.63) is 17.5 Å². The zero-order chi connectivity index (χ0) is 14.3. The molecular formula is C13H20N2O4. The third-order valence-corrected chi connectivity index (χ3v) is 3.03. The predicted octanol–water partition coefficient (Wildman–Crippen LogP) is 1.99. The van der Waals surface area contributed by atoms with Gasteiger partial charge in [0.05, 0.1) is 5.69 Å². The van der Waals surface area contributed by atoms with Crippen molar-refractivity contribution >= 4 is 11.9 Å². The molecule has 0 aromatic carbocycles. The van der Waals surface area contributed by atoms with Gasteiger partial charge in [-0.05, 0) is 25.7 Å². The Bertz CT molecular complexity index is 428. The fourth-order valence-electron chi connectivity index (χ4n) is 1.83. The lowest BCUT2D eigenvalue weighted by atomic mass is 9.97. The Labute approximate surface area is 112 Å². The molecule has 2 N–H and O–H groups in total. The van der Waals surface area contributed by atoms with Crippen LogP contribution in [0.4, 0.5) is 0 Å². The number of carbonyl (C=O) groups excluding carboxylic acids is 1. The summed E-state index contributed by atoms with van der Waals surface area (Å²) in [6.45, 7) is 4.28. The summed E-state index contributed by atoms with van der Waals surface area (Å²) >= 11 is 0. The summed E-state index contributed by atoms with van der Waals surface area (Å²) in [5.41, 5.74) is 0.665. The van der Waals surface area contributed by atoms with Gasteiger partial charge in [-0.15, -0.1) is 0 Å². The van der Waals surface area contributed by atoms with E-state index in [4.69, 9.17) is 9.63 Å². The van der Waals surface area contributed by atoms with Crippen molar-refractivity contribution in [2.24, 2.45) is 5.92 Å². The monoisotopic (exact) mass is 268 g/mol. The first-order valence-corrected chi connectivity index (χ1v) is 6.46. The zero-order valence-corrected chi connectivity index (χ0v) is 11.3. The van der Waals surface area contributed by atoms with Gasteiger partial charge in [0.1, 0.15) is 0 Å². The summed E-state index contributed by atoms with van der Waals surface area (Å²) in [6, 6.07) is 1.58. The van der Waals surface area contributed by atoms with E-state index < -0.39 is 5.97 Å². The lowest BCUT2D eigenvalue weighted by molar-refractivity contribution is -0.137. The molecule has 0 radical (unpaired) electrons. The average molecular weight is 268 g/mol. The molecule has 0 saturated carbocycles. The largest absolute Gasteiger partial charge is 0.481 e. The van der Waals surface area contributed by atoms with Gasteiger partial charge >= 0.3 is 5.97 Å². The lowest BCUT2D eigenvalue weighted by Crippen LogP contribution is -2.25. The molecule has 1 heterocycles. The molecule has 6 nitrogen and oxygen atoms in total. The molecule has 0 saturated heterocycles. The van der Waals surface area contributed by atoms with Gasteiger partial charge in [-0.2, -0.15) is 0 Å². The summed E-state index contributed by atoms with van der Waals surface area (Å²) in [5, 5.41) is 15.0. The molecule has 6 heteroatoms. The summed E-state index contributed by atoms with van der Waals surface area (Å²) in [7, 11) is 0. The number of carbonyl (C=O) groups is 2. The maximum absolute atomic E-state index is 11.7. The molecule has 0 aliphatic rings. The molecule has 106 valence electrons. The SMILES string of the molecule is CCC(CCNC(=O)c1cc(C)no1)CCC(=O)O. The predicted molar refractivity (Wildman–Crippen MR) is 68.8 cm³/mol. The van der Waals surface area contributed by atoms with E-state index in [-0.39, 0.29) is 18.1 Å². The highest BCUT2D eigenvalue weighted by molar-refractivity contribution is 5.91. The van der Waals surface area contributed by atoms with Crippen LogP contribution in [0.3, 0.4) is 0 Å². The molecule has 1 aromatic rings. The van der Waals surface area contributed by atoms with Gasteiger partial charge in [-0.25, -0.2) is 0 Å². The van der Waals surface area contributed by atoms with Crippen LogP contribution in [0.2, 0.25) is 0 Å². The van der Waals surface area contributed by atoms with E-state index in [0.717, 1.165) is 12.8 Å². The summed E-state index contributed by atoms with van der Waals surface area (Å²) in [5.74, 6) is -0.544. The van der Waals surface area contributed by atoms with Gasteiger partial charge in [-0.3, -0.25) is 9.59 Å². The van der Waals surface area contributed by atoms with Crippen LogP contribution in [0, 0.1) is 12.8 Å². The van der Waals surface area contributed by atoms with Gasteiger partial charge in [0.2, 0.25) is 5.76 Å². The standard InChI is InChI=1S/C13H20N2O4/c1-3-10(4-5-12(16)17)6-7-14-13(18)11-8-9(2)15-19-11/h8,10H,3-7H2,1-2H3,(H,14,18)(H,16,17). The molecular weight excluding hydrogens is 248 g/mol. The van der Waals surface area contributed by atoms with Crippen molar-refractivity contribution in [3.8, 4) is 0 Å². The van der Waals surface area contributed by atoms with Crippen molar-refractivity contribution in [1.82, 2.24) is 10.5 Å². The Morgan fingerprint density at radius 3 is 2.74 bits per heavy atom. The van der Waals surface area contributed by atoms with Crippen molar-refractivity contribution in [2.75, 3.05) is 6.54 Å². The maximum Gasteiger partial charge on any atom is 0.303 e. The minimum absolute atomic E-state index is 0.174.